The molecule has 1 atom stereocenters. The number of nitrogens with two attached hydrogens (primary N) is 1. The molecule has 0 amide bonds. The molecule has 3 heteroatoms. The van der Waals surface area contributed by atoms with Gasteiger partial charge in [0.05, 0.1) is 5.52 Å². The third kappa shape index (κ3) is 3.20. The van der Waals surface area contributed by atoms with Gasteiger partial charge in [-0.1, -0.05) is 19.1 Å². The maximum atomic E-state index is 6.19. The second-order valence-corrected chi connectivity index (χ2v) is 5.29. The van der Waals surface area contributed by atoms with Crippen LogP contribution >= 0.6 is 11.8 Å². The highest BCUT2D eigenvalue weighted by molar-refractivity contribution is 7.99. The minimum absolute atomic E-state index is 0.121. The summed E-state index contributed by atoms with van der Waals surface area (Å²) in [6, 6.07) is 10.5. The van der Waals surface area contributed by atoms with Crippen LogP contribution in [0.5, 0.6) is 0 Å². The van der Waals surface area contributed by atoms with Gasteiger partial charge in [0.25, 0.3) is 0 Å². The number of nitrogens with zero attached hydrogens (tertiary/aromatic N) is 1. The smallest absolute Gasteiger partial charge is 0.0702 e. The summed E-state index contributed by atoms with van der Waals surface area (Å²) in [6.45, 7) is 2.19. The number of thioether (sulfide) groups is 1. The standard InChI is InChI=1S/C14H18N2S/c1-2-8-17-10-13(15)11-5-6-14-12(9-11)4-3-7-16-14/h3-7,9,13H,2,8,10,15H2,1H3. The van der Waals surface area contributed by atoms with Gasteiger partial charge in [-0.05, 0) is 35.9 Å². The lowest BCUT2D eigenvalue weighted by Gasteiger charge is -2.12. The number of pyridine rings is 1. The summed E-state index contributed by atoms with van der Waals surface area (Å²) in [5.74, 6) is 2.17. The van der Waals surface area contributed by atoms with Gasteiger partial charge in [0.2, 0.25) is 0 Å². The Morgan fingerprint density at radius 3 is 3.06 bits per heavy atom. The number of fused-ring (bicyclic) bond motifs is 1. The average molecular weight is 246 g/mol. The first-order valence-corrected chi connectivity index (χ1v) is 7.14. The maximum absolute atomic E-state index is 6.19. The summed E-state index contributed by atoms with van der Waals surface area (Å²) in [5.41, 5.74) is 8.42. The van der Waals surface area contributed by atoms with E-state index in [1.807, 2.05) is 24.0 Å². The molecule has 0 fully saturated rings. The van der Waals surface area contributed by atoms with Crippen molar-refractivity contribution in [2.45, 2.75) is 19.4 Å². The van der Waals surface area contributed by atoms with Gasteiger partial charge in [-0.3, -0.25) is 4.98 Å². The lowest BCUT2D eigenvalue weighted by molar-refractivity contribution is 0.832. The van der Waals surface area contributed by atoms with E-state index in [1.165, 1.54) is 23.1 Å². The summed E-state index contributed by atoms with van der Waals surface area (Å²) >= 11 is 1.92. The van der Waals surface area contributed by atoms with Crippen LogP contribution in [-0.4, -0.2) is 16.5 Å². The van der Waals surface area contributed by atoms with E-state index in [0.29, 0.717) is 0 Å². The molecule has 1 aromatic carbocycles. The quantitative estimate of drug-likeness (QED) is 0.822. The van der Waals surface area contributed by atoms with Crippen molar-refractivity contribution in [1.29, 1.82) is 0 Å². The fourth-order valence-electron chi connectivity index (χ4n) is 1.78. The Labute approximate surface area is 107 Å². The molecule has 2 aromatic rings. The fourth-order valence-corrected chi connectivity index (χ4v) is 2.68. The molecule has 1 unspecified atom stereocenters. The Balaban J connectivity index is 2.12. The van der Waals surface area contributed by atoms with Crippen molar-refractivity contribution in [1.82, 2.24) is 4.98 Å². The predicted molar refractivity (Wildman–Crippen MR) is 76.3 cm³/mol. The van der Waals surface area contributed by atoms with E-state index in [2.05, 4.69) is 36.2 Å². The molecular formula is C14H18N2S. The second kappa shape index (κ2) is 6.03. The third-order valence-corrected chi connectivity index (χ3v) is 3.99. The van der Waals surface area contributed by atoms with E-state index in [-0.39, 0.29) is 6.04 Å². The zero-order valence-electron chi connectivity index (χ0n) is 10.1. The summed E-state index contributed by atoms with van der Waals surface area (Å²) < 4.78 is 0. The maximum Gasteiger partial charge on any atom is 0.0702 e. The van der Waals surface area contributed by atoms with Crippen LogP contribution in [0.1, 0.15) is 24.9 Å². The molecule has 0 saturated heterocycles. The predicted octanol–water partition coefficient (Wildman–Crippen LogP) is 3.38. The summed E-state index contributed by atoms with van der Waals surface area (Å²) in [6.07, 6.45) is 3.03. The normalized spacial score (nSPS) is 12.8. The van der Waals surface area contributed by atoms with Gasteiger partial charge in [-0.25, -0.2) is 0 Å². The van der Waals surface area contributed by atoms with E-state index in [4.69, 9.17) is 5.73 Å². The molecule has 0 aliphatic carbocycles. The molecule has 0 saturated carbocycles. The first kappa shape index (κ1) is 12.4. The summed E-state index contributed by atoms with van der Waals surface area (Å²) in [5, 5.41) is 1.17. The van der Waals surface area contributed by atoms with Crippen molar-refractivity contribution in [3.05, 3.63) is 42.1 Å². The van der Waals surface area contributed by atoms with Crippen LogP contribution < -0.4 is 5.73 Å². The van der Waals surface area contributed by atoms with Crippen molar-refractivity contribution in [3.63, 3.8) is 0 Å². The number of aromatic nitrogens is 1. The van der Waals surface area contributed by atoms with E-state index in [9.17, 15) is 0 Å². The summed E-state index contributed by atoms with van der Waals surface area (Å²) in [4.78, 5) is 4.31. The van der Waals surface area contributed by atoms with E-state index in [0.717, 1.165) is 11.3 Å². The summed E-state index contributed by atoms with van der Waals surface area (Å²) in [7, 11) is 0. The van der Waals surface area contributed by atoms with Crippen molar-refractivity contribution in [3.8, 4) is 0 Å². The van der Waals surface area contributed by atoms with Gasteiger partial charge in [0.1, 0.15) is 0 Å². The van der Waals surface area contributed by atoms with Gasteiger partial charge >= 0.3 is 0 Å². The largest absolute Gasteiger partial charge is 0.323 e. The number of rotatable bonds is 5. The van der Waals surface area contributed by atoms with E-state index < -0.39 is 0 Å². The molecule has 0 spiro atoms. The molecule has 2 rings (SSSR count). The Morgan fingerprint density at radius 1 is 1.35 bits per heavy atom. The highest BCUT2D eigenvalue weighted by Gasteiger charge is 2.06. The first-order chi connectivity index (χ1) is 8.31. The van der Waals surface area contributed by atoms with Crippen molar-refractivity contribution in [2.24, 2.45) is 5.73 Å². The minimum atomic E-state index is 0.121. The van der Waals surface area contributed by atoms with Crippen LogP contribution in [0.15, 0.2) is 36.5 Å². The monoisotopic (exact) mass is 246 g/mol. The zero-order chi connectivity index (χ0) is 12.1. The van der Waals surface area contributed by atoms with Crippen LogP contribution in [-0.2, 0) is 0 Å². The molecule has 2 N–H and O–H groups in total. The molecule has 2 nitrogen and oxygen atoms in total. The highest BCUT2D eigenvalue weighted by Crippen LogP contribution is 2.20. The molecule has 0 aliphatic rings. The lowest BCUT2D eigenvalue weighted by atomic mass is 10.1. The van der Waals surface area contributed by atoms with Crippen molar-refractivity contribution < 1.29 is 0 Å². The highest BCUT2D eigenvalue weighted by atomic mass is 32.2. The zero-order valence-corrected chi connectivity index (χ0v) is 10.9. The van der Waals surface area contributed by atoms with E-state index >= 15 is 0 Å². The number of hydrogen-bond acceptors (Lipinski definition) is 3. The van der Waals surface area contributed by atoms with Crippen LogP contribution in [0.25, 0.3) is 10.9 Å². The van der Waals surface area contributed by atoms with Crippen LogP contribution in [0.2, 0.25) is 0 Å². The number of hydrogen-bond donors (Lipinski definition) is 1. The van der Waals surface area contributed by atoms with Gasteiger partial charge < -0.3 is 5.73 Å². The molecule has 0 radical (unpaired) electrons. The second-order valence-electron chi connectivity index (χ2n) is 4.14. The number of benzene rings is 1. The van der Waals surface area contributed by atoms with Gasteiger partial charge in [0.15, 0.2) is 0 Å². The molecule has 0 bridgehead atoms. The Morgan fingerprint density at radius 2 is 2.24 bits per heavy atom. The van der Waals surface area contributed by atoms with Crippen LogP contribution in [0.3, 0.4) is 0 Å². The lowest BCUT2D eigenvalue weighted by Crippen LogP contribution is -2.13. The van der Waals surface area contributed by atoms with Gasteiger partial charge in [-0.2, -0.15) is 11.8 Å². The Kier molecular flexibility index (Phi) is 4.40. The average Bonchev–Trinajstić information content (AvgIpc) is 2.38. The SMILES string of the molecule is CCCSCC(N)c1ccc2ncccc2c1. The first-order valence-electron chi connectivity index (χ1n) is 5.99. The molecule has 1 aromatic heterocycles. The van der Waals surface area contributed by atoms with Gasteiger partial charge in [-0.15, -0.1) is 0 Å². The minimum Gasteiger partial charge on any atom is -0.323 e. The van der Waals surface area contributed by atoms with Crippen molar-refractivity contribution in [2.75, 3.05) is 11.5 Å². The third-order valence-electron chi connectivity index (χ3n) is 2.70. The molecule has 0 aliphatic heterocycles. The Hall–Kier alpha value is -1.06. The molecule has 90 valence electrons. The van der Waals surface area contributed by atoms with Crippen LogP contribution in [0, 0.1) is 0 Å². The topological polar surface area (TPSA) is 38.9 Å². The van der Waals surface area contributed by atoms with Crippen LogP contribution in [0.4, 0.5) is 0 Å². The molecule has 1 heterocycles. The molecule has 17 heavy (non-hydrogen) atoms. The fraction of sp³-hybridized carbons (Fsp3) is 0.357. The van der Waals surface area contributed by atoms with Gasteiger partial charge in [0, 0.05) is 23.4 Å². The van der Waals surface area contributed by atoms with E-state index in [1.54, 1.807) is 0 Å². The van der Waals surface area contributed by atoms with Crippen molar-refractivity contribution >= 4 is 22.7 Å². The Bertz CT molecular complexity index is 484. The molecular weight excluding hydrogens is 228 g/mol.